The van der Waals surface area contributed by atoms with Gasteiger partial charge in [-0.05, 0) is 17.7 Å². The summed E-state index contributed by atoms with van der Waals surface area (Å²) in [6, 6.07) is 6.85. The number of halogens is 1. The number of nitrogens with one attached hydrogen (secondary N) is 1. The molecule has 1 aromatic carbocycles. The lowest BCUT2D eigenvalue weighted by atomic mass is 10.2. The van der Waals surface area contributed by atoms with E-state index in [9.17, 15) is 4.79 Å². The van der Waals surface area contributed by atoms with Crippen LogP contribution in [0.25, 0.3) is 0 Å². The molecule has 21 heavy (non-hydrogen) atoms. The van der Waals surface area contributed by atoms with Gasteiger partial charge in [0.15, 0.2) is 0 Å². The van der Waals surface area contributed by atoms with E-state index in [0.717, 1.165) is 11.3 Å². The van der Waals surface area contributed by atoms with Gasteiger partial charge in [-0.1, -0.05) is 12.1 Å². The molecule has 1 aromatic rings. The predicted molar refractivity (Wildman–Crippen MR) is 82.8 cm³/mol. The first-order valence-electron chi connectivity index (χ1n) is 6.40. The SMILES string of the molecule is COCCOc1ccc(CNC(=O)C(N)COC)cc1.Cl. The lowest BCUT2D eigenvalue weighted by molar-refractivity contribution is -0.123. The quantitative estimate of drug-likeness (QED) is 0.656. The molecule has 0 fully saturated rings. The van der Waals surface area contributed by atoms with Crippen molar-refractivity contribution in [3.8, 4) is 5.75 Å². The molecule has 1 unspecified atom stereocenters. The number of ether oxygens (including phenoxy) is 3. The van der Waals surface area contributed by atoms with E-state index in [1.165, 1.54) is 7.11 Å². The standard InChI is InChI=1S/C14H22N2O4.ClH/c1-18-7-8-20-12-5-3-11(4-6-12)9-16-14(17)13(15)10-19-2;/h3-6,13H,7-10,15H2,1-2H3,(H,16,17);1H. The van der Waals surface area contributed by atoms with Crippen molar-refractivity contribution in [3.63, 3.8) is 0 Å². The Morgan fingerprint density at radius 1 is 1.19 bits per heavy atom. The molecule has 6 nitrogen and oxygen atoms in total. The number of amides is 1. The van der Waals surface area contributed by atoms with Crippen LogP contribution < -0.4 is 15.8 Å². The van der Waals surface area contributed by atoms with Gasteiger partial charge in [-0.2, -0.15) is 0 Å². The number of rotatable bonds is 9. The highest BCUT2D eigenvalue weighted by Crippen LogP contribution is 2.11. The highest BCUT2D eigenvalue weighted by atomic mass is 35.5. The molecule has 7 heteroatoms. The van der Waals surface area contributed by atoms with E-state index in [4.69, 9.17) is 19.9 Å². The third-order valence-corrected chi connectivity index (χ3v) is 2.63. The van der Waals surface area contributed by atoms with Crippen LogP contribution in [0.2, 0.25) is 0 Å². The zero-order chi connectivity index (χ0) is 14.8. The second-order valence-corrected chi connectivity index (χ2v) is 4.26. The third-order valence-electron chi connectivity index (χ3n) is 2.63. The van der Waals surface area contributed by atoms with Gasteiger partial charge in [-0.25, -0.2) is 0 Å². The monoisotopic (exact) mass is 318 g/mol. The molecule has 1 atom stereocenters. The molecule has 0 bridgehead atoms. The largest absolute Gasteiger partial charge is 0.491 e. The van der Waals surface area contributed by atoms with Crippen LogP contribution in [0.5, 0.6) is 5.75 Å². The van der Waals surface area contributed by atoms with Crippen molar-refractivity contribution >= 4 is 18.3 Å². The first-order valence-corrected chi connectivity index (χ1v) is 6.40. The first kappa shape index (κ1) is 19.7. The minimum Gasteiger partial charge on any atom is -0.491 e. The number of hydrogen-bond donors (Lipinski definition) is 2. The maximum Gasteiger partial charge on any atom is 0.239 e. The predicted octanol–water partition coefficient (Wildman–Crippen LogP) is 0.724. The zero-order valence-electron chi connectivity index (χ0n) is 12.3. The Kier molecular flexibility index (Phi) is 10.6. The molecule has 0 aliphatic heterocycles. The highest BCUT2D eigenvalue weighted by molar-refractivity contribution is 5.85. The normalized spacial score (nSPS) is 11.4. The van der Waals surface area contributed by atoms with Crippen molar-refractivity contribution in [1.29, 1.82) is 0 Å². The molecule has 0 saturated heterocycles. The number of nitrogens with two attached hydrogens (primary N) is 1. The second kappa shape index (κ2) is 11.3. The van der Waals surface area contributed by atoms with Crippen molar-refractivity contribution in [1.82, 2.24) is 5.32 Å². The number of carbonyl (C=O) groups is 1. The van der Waals surface area contributed by atoms with E-state index < -0.39 is 6.04 Å². The molecular formula is C14H23ClN2O4. The maximum atomic E-state index is 11.6. The molecular weight excluding hydrogens is 296 g/mol. The van der Waals surface area contributed by atoms with E-state index in [1.54, 1.807) is 7.11 Å². The van der Waals surface area contributed by atoms with Gasteiger partial charge in [0, 0.05) is 20.8 Å². The molecule has 0 aromatic heterocycles. The van der Waals surface area contributed by atoms with Crippen molar-refractivity contribution in [2.24, 2.45) is 5.73 Å². The Morgan fingerprint density at radius 2 is 1.86 bits per heavy atom. The van der Waals surface area contributed by atoms with Crippen LogP contribution >= 0.6 is 12.4 Å². The summed E-state index contributed by atoms with van der Waals surface area (Å²) >= 11 is 0. The lowest BCUT2D eigenvalue weighted by Gasteiger charge is -2.11. The van der Waals surface area contributed by atoms with Crippen LogP contribution in [0.3, 0.4) is 0 Å². The summed E-state index contributed by atoms with van der Waals surface area (Å²) < 4.78 is 15.2. The Hall–Kier alpha value is -1.34. The van der Waals surface area contributed by atoms with Crippen molar-refractivity contribution < 1.29 is 19.0 Å². The third kappa shape index (κ3) is 7.87. The van der Waals surface area contributed by atoms with Gasteiger partial charge < -0.3 is 25.3 Å². The zero-order valence-corrected chi connectivity index (χ0v) is 13.2. The van der Waals surface area contributed by atoms with Gasteiger partial charge in [-0.15, -0.1) is 12.4 Å². The molecule has 0 aliphatic carbocycles. The number of benzene rings is 1. The Morgan fingerprint density at radius 3 is 2.43 bits per heavy atom. The average molecular weight is 319 g/mol. The number of carbonyl (C=O) groups excluding carboxylic acids is 1. The van der Waals surface area contributed by atoms with Gasteiger partial charge in [0.1, 0.15) is 18.4 Å². The fourth-order valence-electron chi connectivity index (χ4n) is 1.52. The van der Waals surface area contributed by atoms with Crippen molar-refractivity contribution in [2.75, 3.05) is 34.0 Å². The van der Waals surface area contributed by atoms with Gasteiger partial charge in [0.25, 0.3) is 0 Å². The van der Waals surface area contributed by atoms with E-state index in [0.29, 0.717) is 19.8 Å². The molecule has 0 radical (unpaired) electrons. The summed E-state index contributed by atoms with van der Waals surface area (Å²) in [4.78, 5) is 11.6. The Balaban J connectivity index is 0.00000400. The minimum atomic E-state index is -0.642. The molecule has 0 aliphatic rings. The fourth-order valence-corrected chi connectivity index (χ4v) is 1.52. The molecule has 0 spiro atoms. The summed E-state index contributed by atoms with van der Waals surface area (Å²) in [6.45, 7) is 1.69. The summed E-state index contributed by atoms with van der Waals surface area (Å²) in [5.74, 6) is 0.542. The van der Waals surface area contributed by atoms with Crippen molar-refractivity contribution in [3.05, 3.63) is 29.8 Å². The molecule has 3 N–H and O–H groups in total. The van der Waals surface area contributed by atoms with E-state index >= 15 is 0 Å². The van der Waals surface area contributed by atoms with Crippen LogP contribution in [0.15, 0.2) is 24.3 Å². The average Bonchev–Trinajstić information content (AvgIpc) is 2.46. The van der Waals surface area contributed by atoms with Crippen LogP contribution in [0, 0.1) is 0 Å². The molecule has 0 heterocycles. The van der Waals surface area contributed by atoms with Gasteiger partial charge in [-0.3, -0.25) is 4.79 Å². The first-order chi connectivity index (χ1) is 9.67. The van der Waals surface area contributed by atoms with Gasteiger partial charge in [0.2, 0.25) is 5.91 Å². The smallest absolute Gasteiger partial charge is 0.239 e. The van der Waals surface area contributed by atoms with E-state index in [-0.39, 0.29) is 24.9 Å². The molecule has 1 amide bonds. The Labute approximate surface area is 131 Å². The summed E-state index contributed by atoms with van der Waals surface area (Å²) in [5.41, 5.74) is 6.59. The second-order valence-electron chi connectivity index (χ2n) is 4.26. The van der Waals surface area contributed by atoms with Crippen LogP contribution in [0.4, 0.5) is 0 Å². The Bertz CT molecular complexity index is 400. The molecule has 120 valence electrons. The van der Waals surface area contributed by atoms with Gasteiger partial charge >= 0.3 is 0 Å². The molecule has 0 saturated carbocycles. The minimum absolute atomic E-state index is 0. The summed E-state index contributed by atoms with van der Waals surface area (Å²) in [5, 5.41) is 2.75. The lowest BCUT2D eigenvalue weighted by Crippen LogP contribution is -2.43. The van der Waals surface area contributed by atoms with E-state index in [1.807, 2.05) is 24.3 Å². The van der Waals surface area contributed by atoms with Crippen LogP contribution in [0.1, 0.15) is 5.56 Å². The maximum absolute atomic E-state index is 11.6. The number of methoxy groups -OCH3 is 2. The summed E-state index contributed by atoms with van der Waals surface area (Å²) in [6.07, 6.45) is 0. The topological polar surface area (TPSA) is 82.8 Å². The molecule has 1 rings (SSSR count). The fraction of sp³-hybridized carbons (Fsp3) is 0.500. The number of hydrogen-bond acceptors (Lipinski definition) is 5. The van der Waals surface area contributed by atoms with Gasteiger partial charge in [0.05, 0.1) is 13.2 Å². The van der Waals surface area contributed by atoms with Crippen LogP contribution in [-0.2, 0) is 20.8 Å². The van der Waals surface area contributed by atoms with Crippen LogP contribution in [-0.4, -0.2) is 46.0 Å². The van der Waals surface area contributed by atoms with E-state index in [2.05, 4.69) is 5.32 Å². The summed E-state index contributed by atoms with van der Waals surface area (Å²) in [7, 11) is 3.14. The highest BCUT2D eigenvalue weighted by Gasteiger charge is 2.12. The van der Waals surface area contributed by atoms with Crippen molar-refractivity contribution in [2.45, 2.75) is 12.6 Å².